The quantitative estimate of drug-likeness (QED) is 0.801. The third-order valence-corrected chi connectivity index (χ3v) is 4.67. The molecule has 130 valence electrons. The van der Waals surface area contributed by atoms with E-state index in [-0.39, 0.29) is 10.6 Å². The van der Waals surface area contributed by atoms with Crippen LogP contribution in [0.1, 0.15) is 18.6 Å². The Bertz CT molecular complexity index is 993. The van der Waals surface area contributed by atoms with Crippen LogP contribution in [-0.2, 0) is 29.6 Å². The first-order chi connectivity index (χ1) is 12.2. The van der Waals surface area contributed by atoms with Gasteiger partial charge in [0.1, 0.15) is 5.75 Å². The standard InChI is InChI=1S/C17H14ClNO5S/c18-13-8-4-7-12(9-13)15-14(20)16(17(19)23-15)24-25(21,22)10-11-5-2-1-3-6-11/h1-9,15H,10,19H2/t15-/m1/s1/i15D. The molecule has 0 saturated carbocycles. The van der Waals surface area contributed by atoms with Crippen molar-refractivity contribution in [3.63, 3.8) is 0 Å². The van der Waals surface area contributed by atoms with E-state index >= 15 is 0 Å². The predicted octanol–water partition coefficient (Wildman–Crippen LogP) is 2.65. The number of nitrogens with two attached hydrogens (primary N) is 1. The number of hydrogen-bond donors (Lipinski definition) is 1. The Kier molecular flexibility index (Phi) is 4.33. The van der Waals surface area contributed by atoms with E-state index in [4.69, 9.17) is 27.6 Å². The van der Waals surface area contributed by atoms with Crippen molar-refractivity contribution >= 4 is 27.5 Å². The molecule has 6 nitrogen and oxygen atoms in total. The Morgan fingerprint density at radius 1 is 1.20 bits per heavy atom. The fourth-order valence-corrected chi connectivity index (χ4v) is 3.51. The number of halogens is 1. The van der Waals surface area contributed by atoms with E-state index in [0.29, 0.717) is 5.56 Å². The molecule has 25 heavy (non-hydrogen) atoms. The third-order valence-electron chi connectivity index (χ3n) is 3.33. The van der Waals surface area contributed by atoms with Gasteiger partial charge in [0.05, 0.1) is 1.37 Å². The van der Waals surface area contributed by atoms with Crippen LogP contribution in [-0.4, -0.2) is 14.2 Å². The number of ether oxygens (including phenoxy) is 1. The summed E-state index contributed by atoms with van der Waals surface area (Å²) < 4.78 is 42.8. The largest absolute Gasteiger partial charge is 0.460 e. The molecule has 1 aliphatic heterocycles. The van der Waals surface area contributed by atoms with E-state index in [1.54, 1.807) is 36.4 Å². The van der Waals surface area contributed by atoms with Gasteiger partial charge in [0.25, 0.3) is 0 Å². The van der Waals surface area contributed by atoms with Crippen LogP contribution in [0.3, 0.4) is 0 Å². The average molecular weight is 381 g/mol. The Morgan fingerprint density at radius 3 is 2.60 bits per heavy atom. The number of carbonyl (C=O) groups excluding carboxylic acids is 1. The molecule has 8 heteroatoms. The molecule has 0 unspecified atom stereocenters. The van der Waals surface area contributed by atoms with Gasteiger partial charge in [-0.2, -0.15) is 8.42 Å². The normalized spacial score (nSPS) is 21.0. The highest BCUT2D eigenvalue weighted by Crippen LogP contribution is 2.33. The van der Waals surface area contributed by atoms with Crippen LogP contribution in [0, 0.1) is 0 Å². The highest BCUT2D eigenvalue weighted by Gasteiger charge is 2.39. The van der Waals surface area contributed by atoms with E-state index in [1.165, 1.54) is 18.2 Å². The molecule has 0 fully saturated rings. The summed E-state index contributed by atoms with van der Waals surface area (Å²) in [5.74, 6) is -2.76. The smallest absolute Gasteiger partial charge is 0.313 e. The molecule has 0 saturated heterocycles. The van der Waals surface area contributed by atoms with E-state index in [1.807, 2.05) is 0 Å². The number of benzene rings is 2. The number of Topliss-reactive ketones (excluding diaryl/α,β-unsaturated/α-hetero) is 1. The summed E-state index contributed by atoms with van der Waals surface area (Å²) in [6, 6.07) is 14.2. The van der Waals surface area contributed by atoms with Crippen LogP contribution in [0.15, 0.2) is 66.2 Å². The van der Waals surface area contributed by atoms with Crippen molar-refractivity contribution < 1.29 is 23.5 Å². The maximum atomic E-state index is 12.6. The molecular weight excluding hydrogens is 366 g/mol. The van der Waals surface area contributed by atoms with Crippen molar-refractivity contribution in [2.45, 2.75) is 11.8 Å². The van der Waals surface area contributed by atoms with Gasteiger partial charge in [-0.05, 0) is 17.7 Å². The summed E-state index contributed by atoms with van der Waals surface area (Å²) in [6.07, 6.45) is -2.26. The minimum atomic E-state index is -4.17. The topological polar surface area (TPSA) is 95.7 Å². The van der Waals surface area contributed by atoms with Gasteiger partial charge in [-0.25, -0.2) is 0 Å². The predicted molar refractivity (Wildman–Crippen MR) is 91.6 cm³/mol. The van der Waals surface area contributed by atoms with Crippen molar-refractivity contribution in [3.05, 3.63) is 82.4 Å². The Balaban J connectivity index is 1.85. The van der Waals surface area contributed by atoms with Gasteiger partial charge in [-0.3, -0.25) is 4.79 Å². The van der Waals surface area contributed by atoms with Gasteiger partial charge < -0.3 is 14.7 Å². The number of ketones is 1. The van der Waals surface area contributed by atoms with Crippen molar-refractivity contribution in [2.75, 3.05) is 0 Å². The van der Waals surface area contributed by atoms with Crippen molar-refractivity contribution in [1.29, 1.82) is 0 Å². The van der Waals surface area contributed by atoms with Crippen LogP contribution in [0.25, 0.3) is 0 Å². The molecule has 0 aromatic heterocycles. The molecule has 0 aliphatic carbocycles. The molecule has 2 N–H and O–H groups in total. The fraction of sp³-hybridized carbons (Fsp3) is 0.118. The van der Waals surface area contributed by atoms with E-state index in [9.17, 15) is 13.2 Å². The highest BCUT2D eigenvalue weighted by atomic mass is 35.5. The molecule has 2 aromatic carbocycles. The number of carbonyl (C=O) groups is 1. The second-order valence-electron chi connectivity index (χ2n) is 5.23. The van der Waals surface area contributed by atoms with Gasteiger partial charge in [-0.15, -0.1) is 0 Å². The Hall–Kier alpha value is -2.51. The number of hydrogen-bond acceptors (Lipinski definition) is 6. The highest BCUT2D eigenvalue weighted by molar-refractivity contribution is 7.86. The van der Waals surface area contributed by atoms with E-state index in [2.05, 4.69) is 0 Å². The zero-order valence-electron chi connectivity index (χ0n) is 13.8. The lowest BCUT2D eigenvalue weighted by Gasteiger charge is -2.10. The second kappa shape index (κ2) is 6.78. The lowest BCUT2D eigenvalue weighted by molar-refractivity contribution is -0.123. The molecule has 1 aliphatic rings. The maximum Gasteiger partial charge on any atom is 0.313 e. The van der Waals surface area contributed by atoms with Crippen molar-refractivity contribution in [3.8, 4) is 0 Å². The van der Waals surface area contributed by atoms with Crippen molar-refractivity contribution in [2.24, 2.45) is 5.73 Å². The first kappa shape index (κ1) is 16.0. The molecule has 0 spiro atoms. The summed E-state index contributed by atoms with van der Waals surface area (Å²) in [7, 11) is -4.17. The second-order valence-corrected chi connectivity index (χ2v) is 7.24. The molecule has 2 aromatic rings. The summed E-state index contributed by atoms with van der Waals surface area (Å²) in [5, 5.41) is 0.287. The molecule has 3 rings (SSSR count). The van der Waals surface area contributed by atoms with Gasteiger partial charge >= 0.3 is 10.1 Å². The maximum absolute atomic E-state index is 12.6. The molecular formula is C17H14ClNO5S. The molecule has 0 amide bonds. The lowest BCUT2D eigenvalue weighted by Crippen LogP contribution is -2.16. The molecule has 0 bridgehead atoms. The zero-order valence-corrected chi connectivity index (χ0v) is 14.4. The first-order valence-corrected chi connectivity index (χ1v) is 9.12. The zero-order chi connectivity index (χ0) is 18.9. The summed E-state index contributed by atoms with van der Waals surface area (Å²) in [5.41, 5.74) is 6.20. The molecule has 1 heterocycles. The SMILES string of the molecule is [2H][C@]1(c2cccc(Cl)c2)OC(N)=C(OS(=O)(=O)Cc2ccccc2)C1=O. The molecule has 1 atom stereocenters. The van der Waals surface area contributed by atoms with Crippen LogP contribution in [0.4, 0.5) is 0 Å². The van der Waals surface area contributed by atoms with Crippen LogP contribution in [0.2, 0.25) is 5.02 Å². The van der Waals surface area contributed by atoms with Gasteiger partial charge in [0.15, 0.2) is 6.08 Å². The minimum absolute atomic E-state index is 0.108. The Labute approximate surface area is 151 Å². The van der Waals surface area contributed by atoms with Crippen molar-refractivity contribution in [1.82, 2.24) is 0 Å². The van der Waals surface area contributed by atoms with E-state index < -0.39 is 39.4 Å². The summed E-state index contributed by atoms with van der Waals surface area (Å²) in [4.78, 5) is 12.6. The monoisotopic (exact) mass is 380 g/mol. The number of rotatable bonds is 5. The van der Waals surface area contributed by atoms with Crippen LogP contribution < -0.4 is 5.73 Å². The van der Waals surface area contributed by atoms with Crippen LogP contribution >= 0.6 is 11.6 Å². The first-order valence-electron chi connectivity index (χ1n) is 7.67. The Morgan fingerprint density at radius 2 is 1.92 bits per heavy atom. The lowest BCUT2D eigenvalue weighted by atomic mass is 10.1. The van der Waals surface area contributed by atoms with Gasteiger partial charge in [0, 0.05) is 10.6 Å². The van der Waals surface area contributed by atoms with Gasteiger partial charge in [0.2, 0.25) is 17.4 Å². The summed E-state index contributed by atoms with van der Waals surface area (Å²) >= 11 is 5.88. The van der Waals surface area contributed by atoms with Gasteiger partial charge in [-0.1, -0.05) is 54.1 Å². The average Bonchev–Trinajstić information content (AvgIpc) is 2.79. The minimum Gasteiger partial charge on any atom is -0.460 e. The summed E-state index contributed by atoms with van der Waals surface area (Å²) in [6.45, 7) is 0. The third kappa shape index (κ3) is 3.94. The molecule has 0 radical (unpaired) electrons. The van der Waals surface area contributed by atoms with Crippen LogP contribution in [0.5, 0.6) is 0 Å². The fourth-order valence-electron chi connectivity index (χ4n) is 2.25. The van der Waals surface area contributed by atoms with E-state index in [0.717, 1.165) is 0 Å².